The molecular formula is C12H18N2O3. The number of carbonyl (C=O) groups excluding carboxylic acids is 2. The SMILES string of the molecule is CCCCCNC(=O)c1ccc(NC(C)=O)o1. The Kier molecular flexibility index (Phi) is 5.26. The van der Waals surface area contributed by atoms with Crippen molar-refractivity contribution in [3.05, 3.63) is 17.9 Å². The Morgan fingerprint density at radius 2 is 2.06 bits per heavy atom. The molecule has 0 fully saturated rings. The lowest BCUT2D eigenvalue weighted by Crippen LogP contribution is -2.23. The topological polar surface area (TPSA) is 71.3 Å². The Morgan fingerprint density at radius 1 is 1.29 bits per heavy atom. The predicted molar refractivity (Wildman–Crippen MR) is 64.9 cm³/mol. The smallest absolute Gasteiger partial charge is 0.287 e. The number of furan rings is 1. The van der Waals surface area contributed by atoms with Gasteiger partial charge in [0.05, 0.1) is 0 Å². The maximum absolute atomic E-state index is 11.6. The van der Waals surface area contributed by atoms with E-state index in [9.17, 15) is 9.59 Å². The first kappa shape index (κ1) is 13.3. The first-order valence-electron chi connectivity index (χ1n) is 5.79. The summed E-state index contributed by atoms with van der Waals surface area (Å²) >= 11 is 0. The highest BCUT2D eigenvalue weighted by Gasteiger charge is 2.10. The lowest BCUT2D eigenvalue weighted by atomic mass is 10.2. The minimum absolute atomic E-state index is 0.213. The lowest BCUT2D eigenvalue weighted by Gasteiger charge is -2.01. The van der Waals surface area contributed by atoms with Gasteiger partial charge in [-0.1, -0.05) is 19.8 Å². The number of anilines is 1. The number of rotatable bonds is 6. The average Bonchev–Trinajstić information content (AvgIpc) is 2.71. The van der Waals surface area contributed by atoms with E-state index in [2.05, 4.69) is 17.6 Å². The van der Waals surface area contributed by atoms with Gasteiger partial charge in [0.15, 0.2) is 11.6 Å². The van der Waals surface area contributed by atoms with Gasteiger partial charge in [0.25, 0.3) is 5.91 Å². The summed E-state index contributed by atoms with van der Waals surface area (Å²) in [7, 11) is 0. The van der Waals surface area contributed by atoms with E-state index in [1.54, 1.807) is 12.1 Å². The Bertz CT molecular complexity index is 385. The van der Waals surface area contributed by atoms with Crippen molar-refractivity contribution in [3.8, 4) is 0 Å². The van der Waals surface area contributed by atoms with Crippen LogP contribution in [0.5, 0.6) is 0 Å². The standard InChI is InChI=1S/C12H18N2O3/c1-3-4-5-8-13-12(16)10-6-7-11(17-10)14-9(2)15/h6-7H,3-5,8H2,1-2H3,(H,13,16)(H,14,15). The van der Waals surface area contributed by atoms with Crippen LogP contribution < -0.4 is 10.6 Å². The summed E-state index contributed by atoms with van der Waals surface area (Å²) in [5, 5.41) is 5.23. The summed E-state index contributed by atoms with van der Waals surface area (Å²) in [4.78, 5) is 22.4. The van der Waals surface area contributed by atoms with Crippen LogP contribution in [0.15, 0.2) is 16.5 Å². The van der Waals surface area contributed by atoms with E-state index in [1.165, 1.54) is 6.92 Å². The van der Waals surface area contributed by atoms with Crippen LogP contribution in [0.3, 0.4) is 0 Å². The molecule has 0 saturated heterocycles. The fraction of sp³-hybridized carbons (Fsp3) is 0.500. The summed E-state index contributed by atoms with van der Waals surface area (Å²) in [6.45, 7) is 4.13. The Balaban J connectivity index is 2.41. The zero-order chi connectivity index (χ0) is 12.7. The van der Waals surface area contributed by atoms with Crippen LogP contribution in [-0.2, 0) is 4.79 Å². The van der Waals surface area contributed by atoms with Crippen LogP contribution in [0, 0.1) is 0 Å². The summed E-state index contributed by atoms with van der Waals surface area (Å²) in [6.07, 6.45) is 3.17. The van der Waals surface area contributed by atoms with Gasteiger partial charge in [0.1, 0.15) is 0 Å². The van der Waals surface area contributed by atoms with Crippen molar-refractivity contribution in [2.45, 2.75) is 33.1 Å². The van der Waals surface area contributed by atoms with Crippen LogP contribution in [0.25, 0.3) is 0 Å². The molecule has 0 aliphatic heterocycles. The van der Waals surface area contributed by atoms with Gasteiger partial charge in [-0.2, -0.15) is 0 Å². The largest absolute Gasteiger partial charge is 0.435 e. The molecule has 1 heterocycles. The quantitative estimate of drug-likeness (QED) is 0.746. The Hall–Kier alpha value is -1.78. The summed E-state index contributed by atoms with van der Waals surface area (Å²) in [5.74, 6) is 0.0217. The van der Waals surface area contributed by atoms with Crippen LogP contribution in [0.2, 0.25) is 0 Å². The maximum Gasteiger partial charge on any atom is 0.287 e. The van der Waals surface area contributed by atoms with E-state index in [1.807, 2.05) is 0 Å². The number of carbonyl (C=O) groups is 2. The summed E-state index contributed by atoms with van der Waals surface area (Å²) < 4.78 is 5.17. The van der Waals surface area contributed by atoms with Crippen LogP contribution in [-0.4, -0.2) is 18.4 Å². The van der Waals surface area contributed by atoms with Crippen molar-refractivity contribution in [2.75, 3.05) is 11.9 Å². The first-order valence-corrected chi connectivity index (χ1v) is 5.79. The van der Waals surface area contributed by atoms with Gasteiger partial charge in [0.2, 0.25) is 5.91 Å². The van der Waals surface area contributed by atoms with Crippen molar-refractivity contribution in [1.82, 2.24) is 5.32 Å². The number of hydrogen-bond donors (Lipinski definition) is 2. The van der Waals surface area contributed by atoms with Crippen molar-refractivity contribution in [3.63, 3.8) is 0 Å². The van der Waals surface area contributed by atoms with Crippen LogP contribution in [0.1, 0.15) is 43.7 Å². The second-order valence-electron chi connectivity index (χ2n) is 3.81. The van der Waals surface area contributed by atoms with Gasteiger partial charge < -0.3 is 9.73 Å². The van der Waals surface area contributed by atoms with Crippen molar-refractivity contribution in [1.29, 1.82) is 0 Å². The van der Waals surface area contributed by atoms with E-state index < -0.39 is 0 Å². The molecule has 0 radical (unpaired) electrons. The van der Waals surface area contributed by atoms with Gasteiger partial charge in [-0.3, -0.25) is 14.9 Å². The van der Waals surface area contributed by atoms with E-state index in [0.29, 0.717) is 6.54 Å². The highest BCUT2D eigenvalue weighted by molar-refractivity contribution is 5.93. The molecule has 0 spiro atoms. The van der Waals surface area contributed by atoms with Gasteiger partial charge >= 0.3 is 0 Å². The molecule has 0 aliphatic rings. The average molecular weight is 238 g/mol. The van der Waals surface area contributed by atoms with Crippen LogP contribution >= 0.6 is 0 Å². The van der Waals surface area contributed by atoms with Crippen molar-refractivity contribution >= 4 is 17.7 Å². The molecule has 0 unspecified atom stereocenters. The fourth-order valence-electron chi connectivity index (χ4n) is 1.36. The minimum Gasteiger partial charge on any atom is -0.435 e. The molecule has 0 bridgehead atoms. The summed E-state index contributed by atoms with van der Waals surface area (Å²) in [6, 6.07) is 3.10. The molecule has 17 heavy (non-hydrogen) atoms. The molecule has 1 aromatic rings. The number of nitrogens with one attached hydrogen (secondary N) is 2. The molecule has 5 nitrogen and oxygen atoms in total. The Labute approximate surface area is 101 Å². The fourth-order valence-corrected chi connectivity index (χ4v) is 1.36. The molecule has 0 aromatic carbocycles. The van der Waals surface area contributed by atoms with Gasteiger partial charge in [-0.05, 0) is 12.5 Å². The molecule has 5 heteroatoms. The highest BCUT2D eigenvalue weighted by Crippen LogP contribution is 2.12. The van der Waals surface area contributed by atoms with Gasteiger partial charge in [0, 0.05) is 19.5 Å². The van der Waals surface area contributed by atoms with E-state index in [0.717, 1.165) is 19.3 Å². The molecule has 0 aliphatic carbocycles. The van der Waals surface area contributed by atoms with Crippen molar-refractivity contribution in [2.24, 2.45) is 0 Å². The molecule has 1 aromatic heterocycles. The predicted octanol–water partition coefficient (Wildman–Crippen LogP) is 2.16. The highest BCUT2D eigenvalue weighted by atomic mass is 16.4. The third-order valence-corrected chi connectivity index (χ3v) is 2.19. The maximum atomic E-state index is 11.6. The number of hydrogen-bond acceptors (Lipinski definition) is 3. The molecule has 2 N–H and O–H groups in total. The third kappa shape index (κ3) is 4.72. The van der Waals surface area contributed by atoms with E-state index >= 15 is 0 Å². The molecule has 0 atom stereocenters. The third-order valence-electron chi connectivity index (χ3n) is 2.19. The molecule has 1 rings (SSSR count). The second kappa shape index (κ2) is 6.73. The van der Waals surface area contributed by atoms with Gasteiger partial charge in [-0.25, -0.2) is 0 Å². The van der Waals surface area contributed by atoms with E-state index in [-0.39, 0.29) is 23.5 Å². The monoisotopic (exact) mass is 238 g/mol. The van der Waals surface area contributed by atoms with Crippen LogP contribution in [0.4, 0.5) is 5.88 Å². The van der Waals surface area contributed by atoms with Crippen molar-refractivity contribution < 1.29 is 14.0 Å². The first-order chi connectivity index (χ1) is 8.13. The van der Waals surface area contributed by atoms with Gasteiger partial charge in [-0.15, -0.1) is 0 Å². The molecular weight excluding hydrogens is 220 g/mol. The number of amides is 2. The molecule has 0 saturated carbocycles. The normalized spacial score (nSPS) is 10.0. The zero-order valence-electron chi connectivity index (χ0n) is 10.2. The zero-order valence-corrected chi connectivity index (χ0v) is 10.2. The Morgan fingerprint density at radius 3 is 2.71 bits per heavy atom. The molecule has 94 valence electrons. The second-order valence-corrected chi connectivity index (χ2v) is 3.81. The lowest BCUT2D eigenvalue weighted by molar-refractivity contribution is -0.114. The number of unbranched alkanes of at least 4 members (excludes halogenated alkanes) is 2. The minimum atomic E-state index is -0.252. The van der Waals surface area contributed by atoms with E-state index in [4.69, 9.17) is 4.42 Å². The summed E-state index contributed by atoms with van der Waals surface area (Å²) in [5.41, 5.74) is 0. The molecule has 2 amide bonds.